The number of aryl methyl sites for hydroxylation is 2. The minimum atomic E-state index is -0.380. The topological polar surface area (TPSA) is 66.7 Å². The van der Waals surface area contributed by atoms with E-state index in [2.05, 4.69) is 0 Å². The molecule has 2 aliphatic rings. The zero-order chi connectivity index (χ0) is 21.4. The molecule has 0 bridgehead atoms. The van der Waals surface area contributed by atoms with Gasteiger partial charge in [0.05, 0.1) is 16.3 Å². The number of para-hydroxylation sites is 2. The molecule has 31 heavy (non-hydrogen) atoms. The Morgan fingerprint density at radius 3 is 1.97 bits per heavy atom. The number of nitro groups is 1. The molecule has 3 aromatic carbocycles. The highest BCUT2D eigenvalue weighted by atomic mass is 16.6. The van der Waals surface area contributed by atoms with Gasteiger partial charge in [-0.25, -0.2) is 0 Å². The summed E-state index contributed by atoms with van der Waals surface area (Å²) in [5, 5.41) is 11.8. The molecule has 0 radical (unpaired) electrons. The van der Waals surface area contributed by atoms with E-state index in [0.717, 1.165) is 61.3 Å². The molecule has 6 nitrogen and oxygen atoms in total. The van der Waals surface area contributed by atoms with E-state index in [1.165, 1.54) is 6.07 Å². The summed E-state index contributed by atoms with van der Waals surface area (Å²) in [5.74, 6) is -0.252. The van der Waals surface area contributed by atoms with Crippen molar-refractivity contribution in [1.29, 1.82) is 0 Å². The smallest absolute Gasteiger partial charge is 0.293 e. The van der Waals surface area contributed by atoms with Crippen molar-refractivity contribution in [3.05, 3.63) is 93.5 Å². The van der Waals surface area contributed by atoms with Crippen LogP contribution in [0.5, 0.6) is 0 Å². The molecular weight excluding hydrogens is 390 g/mol. The van der Waals surface area contributed by atoms with Gasteiger partial charge in [0.1, 0.15) is 5.69 Å². The van der Waals surface area contributed by atoms with E-state index >= 15 is 0 Å². The first-order valence-electron chi connectivity index (χ1n) is 10.7. The molecule has 0 atom stereocenters. The van der Waals surface area contributed by atoms with E-state index in [1.54, 1.807) is 17.0 Å². The van der Waals surface area contributed by atoms with Gasteiger partial charge in [-0.15, -0.1) is 0 Å². The second-order valence-corrected chi connectivity index (χ2v) is 8.05. The fourth-order valence-corrected chi connectivity index (χ4v) is 4.66. The lowest BCUT2D eigenvalue weighted by molar-refractivity contribution is -0.384. The van der Waals surface area contributed by atoms with Crippen LogP contribution < -0.4 is 9.80 Å². The molecule has 0 unspecified atom stereocenters. The lowest BCUT2D eigenvalue weighted by Gasteiger charge is -2.25. The highest BCUT2D eigenvalue weighted by Gasteiger charge is 2.29. The number of fused-ring (bicyclic) bond motifs is 2. The number of nitro benzene ring substituents is 1. The summed E-state index contributed by atoms with van der Waals surface area (Å²) in [5.41, 5.74) is 4.76. The number of carbonyl (C=O) groups excluding carboxylic acids is 1. The van der Waals surface area contributed by atoms with Gasteiger partial charge in [0.15, 0.2) is 0 Å². The molecule has 0 aromatic heterocycles. The number of anilines is 3. The number of hydrogen-bond acceptors (Lipinski definition) is 4. The average Bonchev–Trinajstić information content (AvgIpc) is 3.28. The second kappa shape index (κ2) is 7.87. The molecule has 3 aromatic rings. The molecule has 0 aliphatic carbocycles. The van der Waals surface area contributed by atoms with Crippen LogP contribution in [0.3, 0.4) is 0 Å². The molecule has 1 fully saturated rings. The van der Waals surface area contributed by atoms with Crippen LogP contribution in [0.15, 0.2) is 66.7 Å². The molecule has 156 valence electrons. The molecule has 6 heteroatoms. The van der Waals surface area contributed by atoms with Gasteiger partial charge in [-0.05, 0) is 61.1 Å². The maximum absolute atomic E-state index is 13.8. The van der Waals surface area contributed by atoms with Gasteiger partial charge < -0.3 is 4.90 Å². The van der Waals surface area contributed by atoms with Gasteiger partial charge >= 0.3 is 0 Å². The van der Waals surface area contributed by atoms with Gasteiger partial charge in [0, 0.05) is 24.7 Å². The number of rotatable bonds is 3. The van der Waals surface area contributed by atoms with E-state index in [4.69, 9.17) is 0 Å². The molecule has 1 saturated heterocycles. The highest BCUT2D eigenvalue weighted by Crippen LogP contribution is 2.38. The quantitative estimate of drug-likeness (QED) is 0.433. The molecule has 1 amide bonds. The highest BCUT2D eigenvalue weighted by molar-refractivity contribution is 6.12. The molecule has 2 aliphatic heterocycles. The van der Waals surface area contributed by atoms with E-state index in [9.17, 15) is 14.9 Å². The predicted molar refractivity (Wildman–Crippen MR) is 121 cm³/mol. The Balaban J connectivity index is 1.62. The summed E-state index contributed by atoms with van der Waals surface area (Å²) in [6, 6.07) is 20.7. The first kappa shape index (κ1) is 19.3. The van der Waals surface area contributed by atoms with Crippen molar-refractivity contribution in [3.8, 4) is 0 Å². The third-order valence-corrected chi connectivity index (χ3v) is 6.20. The van der Waals surface area contributed by atoms with Crippen LogP contribution in [-0.2, 0) is 12.8 Å². The number of benzene rings is 3. The van der Waals surface area contributed by atoms with Crippen LogP contribution in [0, 0.1) is 10.1 Å². The van der Waals surface area contributed by atoms with Crippen molar-refractivity contribution >= 4 is 28.7 Å². The fraction of sp³-hybridized carbons (Fsp3) is 0.240. The van der Waals surface area contributed by atoms with Crippen molar-refractivity contribution in [2.75, 3.05) is 22.9 Å². The summed E-state index contributed by atoms with van der Waals surface area (Å²) in [4.78, 5) is 29.0. The van der Waals surface area contributed by atoms with Crippen LogP contribution in [0.25, 0.3) is 0 Å². The Labute approximate surface area is 180 Å². The zero-order valence-corrected chi connectivity index (χ0v) is 17.2. The predicted octanol–water partition coefficient (Wildman–Crippen LogP) is 5.27. The second-order valence-electron chi connectivity index (χ2n) is 8.05. The van der Waals surface area contributed by atoms with Crippen LogP contribution in [-0.4, -0.2) is 23.9 Å². The van der Waals surface area contributed by atoms with E-state index in [0.29, 0.717) is 11.3 Å². The third kappa shape index (κ3) is 3.44. The zero-order valence-electron chi connectivity index (χ0n) is 17.2. The molecule has 0 saturated carbocycles. The minimum Gasteiger partial charge on any atom is -0.366 e. The Morgan fingerprint density at radius 2 is 1.39 bits per heavy atom. The first-order valence-corrected chi connectivity index (χ1v) is 10.7. The number of carbonyl (C=O) groups is 1. The van der Waals surface area contributed by atoms with E-state index in [-0.39, 0.29) is 16.5 Å². The number of nitrogens with zero attached hydrogens (tertiary/aromatic N) is 3. The largest absolute Gasteiger partial charge is 0.366 e. The molecule has 2 heterocycles. The Kier molecular flexibility index (Phi) is 4.90. The normalized spacial score (nSPS) is 15.2. The lowest BCUT2D eigenvalue weighted by Crippen LogP contribution is -2.27. The lowest BCUT2D eigenvalue weighted by atomic mass is 10.0. The standard InChI is InChI=1S/C25H23N3O3/c29-25(20-13-14-23(24(17-20)28(30)31)26-15-5-6-16-26)27-21-9-3-1-7-18(21)11-12-19-8-2-4-10-22(19)27/h1-4,7-10,13-14,17H,5-6,11-12,15-16H2. The summed E-state index contributed by atoms with van der Waals surface area (Å²) >= 11 is 0. The number of hydrogen-bond donors (Lipinski definition) is 0. The maximum Gasteiger partial charge on any atom is 0.293 e. The van der Waals surface area contributed by atoms with Crippen molar-refractivity contribution in [2.24, 2.45) is 0 Å². The third-order valence-electron chi connectivity index (χ3n) is 6.20. The minimum absolute atomic E-state index is 0.0101. The fourth-order valence-electron chi connectivity index (χ4n) is 4.66. The van der Waals surface area contributed by atoms with Crippen molar-refractivity contribution in [1.82, 2.24) is 0 Å². The molecule has 0 N–H and O–H groups in total. The van der Waals surface area contributed by atoms with Crippen molar-refractivity contribution in [2.45, 2.75) is 25.7 Å². The van der Waals surface area contributed by atoms with Gasteiger partial charge in [0.2, 0.25) is 0 Å². The SMILES string of the molecule is O=C(c1ccc(N2CCCC2)c([N+](=O)[O-])c1)N1c2ccccc2CCc2ccccc21. The van der Waals surface area contributed by atoms with Crippen molar-refractivity contribution in [3.63, 3.8) is 0 Å². The molecule has 0 spiro atoms. The summed E-state index contributed by atoms with van der Waals surface area (Å²) < 4.78 is 0. The van der Waals surface area contributed by atoms with Crippen LogP contribution in [0.4, 0.5) is 22.7 Å². The molecule has 5 rings (SSSR count). The maximum atomic E-state index is 13.8. The van der Waals surface area contributed by atoms with Gasteiger partial charge in [-0.1, -0.05) is 36.4 Å². The van der Waals surface area contributed by atoms with Gasteiger partial charge in [-0.2, -0.15) is 0 Å². The Bertz CT molecular complexity index is 1120. The average molecular weight is 413 g/mol. The summed E-state index contributed by atoms with van der Waals surface area (Å²) in [7, 11) is 0. The summed E-state index contributed by atoms with van der Waals surface area (Å²) in [6.07, 6.45) is 3.73. The summed E-state index contributed by atoms with van der Waals surface area (Å²) in [6.45, 7) is 1.61. The van der Waals surface area contributed by atoms with Crippen LogP contribution >= 0.6 is 0 Å². The monoisotopic (exact) mass is 413 g/mol. The number of amides is 1. The van der Waals surface area contributed by atoms with Gasteiger partial charge in [-0.3, -0.25) is 19.8 Å². The van der Waals surface area contributed by atoms with Crippen LogP contribution in [0.1, 0.15) is 34.3 Å². The van der Waals surface area contributed by atoms with E-state index in [1.807, 2.05) is 53.4 Å². The van der Waals surface area contributed by atoms with Crippen LogP contribution in [0.2, 0.25) is 0 Å². The Hall–Kier alpha value is -3.67. The Morgan fingerprint density at radius 1 is 0.806 bits per heavy atom. The van der Waals surface area contributed by atoms with E-state index < -0.39 is 0 Å². The molecular formula is C25H23N3O3. The van der Waals surface area contributed by atoms with Crippen molar-refractivity contribution < 1.29 is 9.72 Å². The van der Waals surface area contributed by atoms with Gasteiger partial charge in [0.25, 0.3) is 11.6 Å². The first-order chi connectivity index (χ1) is 15.1.